The van der Waals surface area contributed by atoms with Gasteiger partial charge in [-0.1, -0.05) is 0 Å². The molecule has 0 saturated heterocycles. The maximum atomic E-state index is 12.7. The lowest BCUT2D eigenvalue weighted by Gasteiger charge is -2.16. The molecule has 34 heavy (non-hydrogen) atoms. The Hall–Kier alpha value is -5.13. The molecule has 0 saturated carbocycles. The van der Waals surface area contributed by atoms with E-state index in [0.29, 0.717) is 0 Å². The van der Waals surface area contributed by atoms with Gasteiger partial charge in [-0.3, -0.25) is 4.79 Å². The lowest BCUT2D eigenvalue weighted by molar-refractivity contribution is 0.101. The van der Waals surface area contributed by atoms with E-state index in [2.05, 4.69) is 0 Å². The second-order valence-electron chi connectivity index (χ2n) is 7.38. The summed E-state index contributed by atoms with van der Waals surface area (Å²) in [6, 6.07) is 2.68. The number of benzene rings is 3. The first-order valence-electron chi connectivity index (χ1n) is 9.41. The summed E-state index contributed by atoms with van der Waals surface area (Å²) in [4.78, 5) is 37.2. The molecule has 0 aliphatic carbocycles. The van der Waals surface area contributed by atoms with Crippen molar-refractivity contribution < 1.29 is 49.0 Å². The molecule has 0 fully saturated rings. The number of phenolic OH excluding ortho intramolecular Hbond substituents is 6. The molecular formula is C22H12O12. The predicted molar refractivity (Wildman–Crippen MR) is 114 cm³/mol. The summed E-state index contributed by atoms with van der Waals surface area (Å²) in [5, 5.41) is 59.7. The first kappa shape index (κ1) is 20.8. The van der Waals surface area contributed by atoms with Crippen molar-refractivity contribution >= 4 is 38.5 Å². The zero-order valence-corrected chi connectivity index (χ0v) is 16.9. The number of Topliss-reactive ketones (excluding diaryl/α,β-unsaturated/α-hetero) is 1. The Kier molecular flexibility index (Phi) is 4.08. The standard InChI is InChI=1S/C22H12O12/c1-5(23)6-2-9(24)14(26)17(29)18(6)32-11-4-8-13-12-7(21(30)34-20(13)16(11)28)3-10(25)15(27)19(12)33-22(8)31/h2-4,24-29H,1H3. The summed E-state index contributed by atoms with van der Waals surface area (Å²) >= 11 is 0. The van der Waals surface area contributed by atoms with Crippen molar-refractivity contribution in [3.05, 3.63) is 44.6 Å². The van der Waals surface area contributed by atoms with E-state index < -0.39 is 74.2 Å². The van der Waals surface area contributed by atoms with Crippen molar-refractivity contribution in [2.24, 2.45) is 0 Å². The molecule has 12 nitrogen and oxygen atoms in total. The molecule has 3 aromatic carbocycles. The molecule has 6 N–H and O–H groups in total. The van der Waals surface area contributed by atoms with E-state index in [4.69, 9.17) is 13.6 Å². The summed E-state index contributed by atoms with van der Waals surface area (Å²) in [5.41, 5.74) is -3.60. The van der Waals surface area contributed by atoms with Crippen LogP contribution in [0.3, 0.4) is 0 Å². The van der Waals surface area contributed by atoms with Gasteiger partial charge in [0.2, 0.25) is 23.0 Å². The molecule has 0 bridgehead atoms. The van der Waals surface area contributed by atoms with Crippen LogP contribution in [0.5, 0.6) is 46.0 Å². The van der Waals surface area contributed by atoms with Gasteiger partial charge >= 0.3 is 11.3 Å². The Balaban J connectivity index is 1.89. The van der Waals surface area contributed by atoms with Gasteiger partial charge in [-0.25, -0.2) is 9.59 Å². The predicted octanol–water partition coefficient (Wildman–Crippen LogP) is 2.72. The highest BCUT2D eigenvalue weighted by Crippen LogP contribution is 2.50. The maximum absolute atomic E-state index is 12.7. The molecule has 0 unspecified atom stereocenters. The number of carbonyl (C=O) groups is 1. The van der Waals surface area contributed by atoms with Gasteiger partial charge in [-0.2, -0.15) is 0 Å². The highest BCUT2D eigenvalue weighted by Gasteiger charge is 2.28. The number of carbonyl (C=O) groups excluding carboxylic acids is 1. The number of aromatic hydroxyl groups is 6. The molecular weight excluding hydrogens is 456 g/mol. The maximum Gasteiger partial charge on any atom is 0.344 e. The van der Waals surface area contributed by atoms with Crippen LogP contribution >= 0.6 is 0 Å². The molecule has 0 aliphatic rings. The lowest BCUT2D eigenvalue weighted by Crippen LogP contribution is -2.07. The molecule has 5 aromatic rings. The SMILES string of the molecule is CC(=O)c1cc(O)c(O)c(O)c1Oc1cc2c(=O)oc3c(O)c(O)cc4c(=O)oc(c1O)c2c34. The van der Waals surface area contributed by atoms with Crippen LogP contribution in [0.2, 0.25) is 0 Å². The first-order chi connectivity index (χ1) is 16.0. The van der Waals surface area contributed by atoms with Gasteiger partial charge in [0, 0.05) is 16.8 Å². The monoisotopic (exact) mass is 468 g/mol. The van der Waals surface area contributed by atoms with E-state index in [1.165, 1.54) is 0 Å². The first-order valence-corrected chi connectivity index (χ1v) is 9.41. The van der Waals surface area contributed by atoms with Gasteiger partial charge in [0.05, 0.1) is 16.3 Å². The minimum atomic E-state index is -1.08. The van der Waals surface area contributed by atoms with Crippen LogP contribution in [0, 0.1) is 0 Å². The van der Waals surface area contributed by atoms with Gasteiger partial charge in [0.25, 0.3) is 0 Å². The van der Waals surface area contributed by atoms with E-state index in [0.717, 1.165) is 25.1 Å². The minimum absolute atomic E-state index is 0.118. The third-order valence-electron chi connectivity index (χ3n) is 5.33. The molecule has 2 heterocycles. The van der Waals surface area contributed by atoms with E-state index in [1.807, 2.05) is 0 Å². The number of ketones is 1. The van der Waals surface area contributed by atoms with E-state index in [9.17, 15) is 45.0 Å². The summed E-state index contributed by atoms with van der Waals surface area (Å²) in [7, 11) is 0. The number of rotatable bonds is 3. The number of phenols is 6. The fourth-order valence-electron chi connectivity index (χ4n) is 3.75. The van der Waals surface area contributed by atoms with Crippen molar-refractivity contribution in [3.63, 3.8) is 0 Å². The summed E-state index contributed by atoms with van der Waals surface area (Å²) in [6.45, 7) is 1.08. The van der Waals surface area contributed by atoms with Crippen molar-refractivity contribution in [1.82, 2.24) is 0 Å². The Morgan fingerprint density at radius 3 is 1.85 bits per heavy atom. The molecule has 172 valence electrons. The van der Waals surface area contributed by atoms with Crippen LogP contribution < -0.4 is 16.0 Å². The van der Waals surface area contributed by atoms with Gasteiger partial charge in [0.1, 0.15) is 0 Å². The lowest BCUT2D eigenvalue weighted by atomic mass is 10.0. The zero-order chi connectivity index (χ0) is 24.6. The van der Waals surface area contributed by atoms with Crippen LogP contribution in [-0.2, 0) is 0 Å². The smallest absolute Gasteiger partial charge is 0.344 e. The average Bonchev–Trinajstić information content (AvgIpc) is 2.78. The fourth-order valence-corrected chi connectivity index (χ4v) is 3.75. The Bertz CT molecular complexity index is 1810. The number of hydrogen-bond acceptors (Lipinski definition) is 12. The highest BCUT2D eigenvalue weighted by atomic mass is 16.5. The average molecular weight is 468 g/mol. The molecule has 0 radical (unpaired) electrons. The van der Waals surface area contributed by atoms with Gasteiger partial charge < -0.3 is 44.2 Å². The largest absolute Gasteiger partial charge is 0.504 e. The second kappa shape index (κ2) is 6.68. The normalized spacial score (nSPS) is 11.6. The summed E-state index contributed by atoms with van der Waals surface area (Å²) < 4.78 is 15.7. The Morgan fingerprint density at radius 1 is 0.735 bits per heavy atom. The third kappa shape index (κ3) is 2.62. The van der Waals surface area contributed by atoms with Crippen molar-refractivity contribution in [3.8, 4) is 46.0 Å². The molecule has 2 aromatic heterocycles. The molecule has 5 rings (SSSR count). The Morgan fingerprint density at radius 2 is 1.26 bits per heavy atom. The number of hydrogen-bond donors (Lipinski definition) is 6. The van der Waals surface area contributed by atoms with Crippen LogP contribution in [0.15, 0.2) is 36.6 Å². The highest BCUT2D eigenvalue weighted by molar-refractivity contribution is 6.22. The third-order valence-corrected chi connectivity index (χ3v) is 5.33. The van der Waals surface area contributed by atoms with Crippen LogP contribution in [0.25, 0.3) is 32.7 Å². The second-order valence-corrected chi connectivity index (χ2v) is 7.38. The van der Waals surface area contributed by atoms with E-state index in [1.54, 1.807) is 0 Å². The molecule has 12 heteroatoms. The van der Waals surface area contributed by atoms with Crippen molar-refractivity contribution in [1.29, 1.82) is 0 Å². The molecule has 0 spiro atoms. The topological polar surface area (TPSA) is 208 Å². The molecule has 0 aliphatic heterocycles. The van der Waals surface area contributed by atoms with Crippen molar-refractivity contribution in [2.45, 2.75) is 6.92 Å². The molecule has 0 amide bonds. The van der Waals surface area contributed by atoms with Crippen molar-refractivity contribution in [2.75, 3.05) is 0 Å². The quantitative estimate of drug-likeness (QED) is 0.0977. The minimum Gasteiger partial charge on any atom is -0.504 e. The van der Waals surface area contributed by atoms with Gasteiger partial charge in [0.15, 0.2) is 39.9 Å². The van der Waals surface area contributed by atoms with Crippen LogP contribution in [-0.4, -0.2) is 36.4 Å². The van der Waals surface area contributed by atoms with Crippen LogP contribution in [0.1, 0.15) is 17.3 Å². The van der Waals surface area contributed by atoms with E-state index >= 15 is 0 Å². The summed E-state index contributed by atoms with van der Waals surface area (Å²) in [5.74, 6) is -7.21. The Labute approximate surface area is 185 Å². The fraction of sp³-hybridized carbons (Fsp3) is 0.0455. The zero-order valence-electron chi connectivity index (χ0n) is 16.9. The molecule has 0 atom stereocenters. The van der Waals surface area contributed by atoms with Crippen LogP contribution in [0.4, 0.5) is 0 Å². The summed E-state index contributed by atoms with van der Waals surface area (Å²) in [6.07, 6.45) is 0. The van der Waals surface area contributed by atoms with E-state index in [-0.39, 0.29) is 27.1 Å². The number of ether oxygens (including phenoxy) is 1. The van der Waals surface area contributed by atoms with Gasteiger partial charge in [-0.15, -0.1) is 0 Å². The van der Waals surface area contributed by atoms with Gasteiger partial charge in [-0.05, 0) is 19.1 Å².